The van der Waals surface area contributed by atoms with Crippen LogP contribution in [0.15, 0.2) is 42.9 Å². The first-order valence-corrected chi connectivity index (χ1v) is 10.3. The lowest BCUT2D eigenvalue weighted by Crippen LogP contribution is -2.38. The molecule has 2 aliphatic heterocycles. The number of hydrogen-bond donors (Lipinski definition) is 1. The standard InChI is InChI=1S/C22H27N5O/c1-3-18(22(24-8-1)27-11-13-28-14-12-27)16-26-9-5-17(6-10-26)19-15-25-20-4-2-7-23-21(19)20/h1-4,7-8,15,17,25H,5-6,9-14,16H2. The van der Waals surface area contributed by atoms with Gasteiger partial charge in [-0.3, -0.25) is 9.88 Å². The zero-order valence-corrected chi connectivity index (χ0v) is 16.2. The highest BCUT2D eigenvalue weighted by Gasteiger charge is 2.24. The number of aromatic nitrogens is 3. The van der Waals surface area contributed by atoms with Crippen molar-refractivity contribution < 1.29 is 4.74 Å². The molecule has 0 aromatic carbocycles. The number of anilines is 1. The predicted octanol–water partition coefficient (Wildman–Crippen LogP) is 3.17. The summed E-state index contributed by atoms with van der Waals surface area (Å²) in [6, 6.07) is 8.39. The fourth-order valence-electron chi connectivity index (χ4n) is 4.54. The number of likely N-dealkylation sites (tertiary alicyclic amines) is 1. The van der Waals surface area contributed by atoms with Crippen LogP contribution < -0.4 is 4.90 Å². The molecule has 3 aromatic heterocycles. The molecular formula is C22H27N5O. The minimum atomic E-state index is 0.590. The highest BCUT2D eigenvalue weighted by Crippen LogP contribution is 2.33. The second kappa shape index (κ2) is 7.89. The molecule has 0 aliphatic carbocycles. The molecule has 5 rings (SSSR count). The van der Waals surface area contributed by atoms with E-state index >= 15 is 0 Å². The highest BCUT2D eigenvalue weighted by molar-refractivity contribution is 5.79. The first-order chi connectivity index (χ1) is 13.9. The lowest BCUT2D eigenvalue weighted by atomic mass is 9.90. The number of rotatable bonds is 4. The largest absolute Gasteiger partial charge is 0.378 e. The van der Waals surface area contributed by atoms with E-state index in [0.717, 1.165) is 62.8 Å². The molecule has 6 nitrogen and oxygen atoms in total. The van der Waals surface area contributed by atoms with Crippen LogP contribution >= 0.6 is 0 Å². The first-order valence-electron chi connectivity index (χ1n) is 10.3. The van der Waals surface area contributed by atoms with E-state index in [-0.39, 0.29) is 0 Å². The van der Waals surface area contributed by atoms with Crippen LogP contribution in [0.1, 0.15) is 29.9 Å². The average molecular weight is 377 g/mol. The Kier molecular flexibility index (Phi) is 4.97. The number of piperidine rings is 1. The summed E-state index contributed by atoms with van der Waals surface area (Å²) in [5, 5.41) is 0. The third kappa shape index (κ3) is 3.50. The molecule has 6 heteroatoms. The van der Waals surface area contributed by atoms with E-state index in [9.17, 15) is 0 Å². The van der Waals surface area contributed by atoms with Gasteiger partial charge in [-0.15, -0.1) is 0 Å². The summed E-state index contributed by atoms with van der Waals surface area (Å²) in [7, 11) is 0. The summed E-state index contributed by atoms with van der Waals surface area (Å²) in [4.78, 5) is 17.6. The monoisotopic (exact) mass is 377 g/mol. The van der Waals surface area contributed by atoms with E-state index in [1.165, 1.54) is 24.0 Å². The Morgan fingerprint density at radius 2 is 1.79 bits per heavy atom. The maximum Gasteiger partial charge on any atom is 0.133 e. The number of morpholine rings is 1. The fourth-order valence-corrected chi connectivity index (χ4v) is 4.54. The number of nitrogens with zero attached hydrogens (tertiary/aromatic N) is 4. The van der Waals surface area contributed by atoms with Gasteiger partial charge in [-0.1, -0.05) is 6.07 Å². The molecule has 2 saturated heterocycles. The number of aromatic amines is 1. The Labute approximate surface area is 165 Å². The molecule has 146 valence electrons. The highest BCUT2D eigenvalue weighted by atomic mass is 16.5. The van der Waals surface area contributed by atoms with Gasteiger partial charge in [-0.2, -0.15) is 0 Å². The number of H-pyrrole nitrogens is 1. The molecule has 2 fully saturated rings. The molecular weight excluding hydrogens is 350 g/mol. The van der Waals surface area contributed by atoms with Crippen LogP contribution in [-0.2, 0) is 11.3 Å². The lowest BCUT2D eigenvalue weighted by Gasteiger charge is -2.34. The Balaban J connectivity index is 1.26. The van der Waals surface area contributed by atoms with Crippen LogP contribution in [0.3, 0.4) is 0 Å². The SMILES string of the molecule is c1cnc(N2CCOCC2)c(CN2CCC(c3c[nH]c4cccnc34)CC2)c1. The van der Waals surface area contributed by atoms with Gasteiger partial charge >= 0.3 is 0 Å². The van der Waals surface area contributed by atoms with Crippen molar-refractivity contribution in [3.8, 4) is 0 Å². The van der Waals surface area contributed by atoms with Crippen LogP contribution in [-0.4, -0.2) is 59.2 Å². The second-order valence-corrected chi connectivity index (χ2v) is 7.78. The van der Waals surface area contributed by atoms with E-state index in [0.29, 0.717) is 5.92 Å². The van der Waals surface area contributed by atoms with Crippen LogP contribution in [0.5, 0.6) is 0 Å². The number of nitrogens with one attached hydrogen (secondary N) is 1. The quantitative estimate of drug-likeness (QED) is 0.757. The van der Waals surface area contributed by atoms with E-state index in [1.54, 1.807) is 0 Å². The number of hydrogen-bond acceptors (Lipinski definition) is 5. The van der Waals surface area contributed by atoms with Gasteiger partial charge in [-0.05, 0) is 55.6 Å². The predicted molar refractivity (Wildman–Crippen MR) is 111 cm³/mol. The summed E-state index contributed by atoms with van der Waals surface area (Å²) < 4.78 is 5.50. The minimum Gasteiger partial charge on any atom is -0.378 e. The molecule has 3 aromatic rings. The molecule has 5 heterocycles. The Morgan fingerprint density at radius 3 is 2.64 bits per heavy atom. The molecule has 0 amide bonds. The van der Waals surface area contributed by atoms with E-state index in [4.69, 9.17) is 4.74 Å². The van der Waals surface area contributed by atoms with Crippen molar-refractivity contribution in [3.63, 3.8) is 0 Å². The zero-order valence-electron chi connectivity index (χ0n) is 16.2. The molecule has 0 spiro atoms. The Morgan fingerprint density at radius 1 is 1.00 bits per heavy atom. The number of pyridine rings is 2. The van der Waals surface area contributed by atoms with E-state index in [2.05, 4.69) is 49.1 Å². The topological polar surface area (TPSA) is 57.3 Å². The molecule has 0 radical (unpaired) electrons. The summed E-state index contributed by atoms with van der Waals surface area (Å²) in [5.41, 5.74) is 5.00. The van der Waals surface area contributed by atoms with Gasteiger partial charge in [0, 0.05) is 43.8 Å². The van der Waals surface area contributed by atoms with Crippen molar-refractivity contribution in [1.82, 2.24) is 19.9 Å². The zero-order chi connectivity index (χ0) is 18.8. The fraction of sp³-hybridized carbons (Fsp3) is 0.455. The van der Waals surface area contributed by atoms with E-state index in [1.807, 2.05) is 18.5 Å². The van der Waals surface area contributed by atoms with Crippen molar-refractivity contribution in [2.45, 2.75) is 25.3 Å². The van der Waals surface area contributed by atoms with Crippen molar-refractivity contribution in [2.24, 2.45) is 0 Å². The summed E-state index contributed by atoms with van der Waals surface area (Å²) >= 11 is 0. The van der Waals surface area contributed by atoms with Gasteiger partial charge in [0.1, 0.15) is 5.82 Å². The van der Waals surface area contributed by atoms with Crippen molar-refractivity contribution in [1.29, 1.82) is 0 Å². The van der Waals surface area contributed by atoms with Gasteiger partial charge in [0.2, 0.25) is 0 Å². The Hall–Kier alpha value is -2.44. The van der Waals surface area contributed by atoms with Crippen LogP contribution in [0.2, 0.25) is 0 Å². The van der Waals surface area contributed by atoms with Crippen LogP contribution in [0.25, 0.3) is 11.0 Å². The Bertz CT molecular complexity index is 925. The minimum absolute atomic E-state index is 0.590. The van der Waals surface area contributed by atoms with Gasteiger partial charge in [0.25, 0.3) is 0 Å². The van der Waals surface area contributed by atoms with Crippen LogP contribution in [0, 0.1) is 0 Å². The molecule has 1 N–H and O–H groups in total. The first kappa shape index (κ1) is 17.6. The molecule has 0 bridgehead atoms. The van der Waals surface area contributed by atoms with Gasteiger partial charge in [0.05, 0.1) is 24.2 Å². The second-order valence-electron chi connectivity index (χ2n) is 7.78. The lowest BCUT2D eigenvalue weighted by molar-refractivity contribution is 0.122. The van der Waals surface area contributed by atoms with Crippen molar-refractivity contribution in [3.05, 3.63) is 54.0 Å². The number of fused-ring (bicyclic) bond motifs is 1. The molecule has 2 aliphatic rings. The number of ether oxygens (including phenoxy) is 1. The normalized spacial score (nSPS) is 19.4. The van der Waals surface area contributed by atoms with Gasteiger partial charge < -0.3 is 14.6 Å². The summed E-state index contributed by atoms with van der Waals surface area (Å²) in [6.07, 6.45) is 8.32. The average Bonchev–Trinajstić information content (AvgIpc) is 3.20. The van der Waals surface area contributed by atoms with Gasteiger partial charge in [-0.25, -0.2) is 4.98 Å². The summed E-state index contributed by atoms with van der Waals surface area (Å²) in [5.74, 6) is 1.72. The molecule has 0 atom stereocenters. The maximum absolute atomic E-state index is 5.50. The molecule has 28 heavy (non-hydrogen) atoms. The third-order valence-corrected chi connectivity index (χ3v) is 6.06. The van der Waals surface area contributed by atoms with Crippen molar-refractivity contribution in [2.75, 3.05) is 44.3 Å². The van der Waals surface area contributed by atoms with Crippen LogP contribution in [0.4, 0.5) is 5.82 Å². The molecule has 0 unspecified atom stereocenters. The van der Waals surface area contributed by atoms with E-state index < -0.39 is 0 Å². The van der Waals surface area contributed by atoms with Crippen molar-refractivity contribution >= 4 is 16.9 Å². The molecule has 0 saturated carbocycles. The smallest absolute Gasteiger partial charge is 0.133 e. The van der Waals surface area contributed by atoms with Gasteiger partial charge in [0.15, 0.2) is 0 Å². The third-order valence-electron chi connectivity index (χ3n) is 6.06. The summed E-state index contributed by atoms with van der Waals surface area (Å²) in [6.45, 7) is 6.64. The maximum atomic E-state index is 5.50.